The molecule has 0 fully saturated rings. The molecule has 4 heteroatoms. The van der Waals surface area contributed by atoms with Crippen LogP contribution >= 0.6 is 15.9 Å². The van der Waals surface area contributed by atoms with Crippen molar-refractivity contribution in [3.63, 3.8) is 0 Å². The van der Waals surface area contributed by atoms with Gasteiger partial charge in [0.25, 0.3) is 0 Å². The van der Waals surface area contributed by atoms with Crippen molar-refractivity contribution in [2.75, 3.05) is 0 Å². The molecule has 0 unspecified atom stereocenters. The van der Waals surface area contributed by atoms with Gasteiger partial charge in [0.05, 0.1) is 0 Å². The highest BCUT2D eigenvalue weighted by atomic mass is 79.9. The van der Waals surface area contributed by atoms with Crippen molar-refractivity contribution in [2.45, 2.75) is 25.9 Å². The number of ketones is 1. The van der Waals surface area contributed by atoms with E-state index < -0.39 is 5.60 Å². The lowest BCUT2D eigenvalue weighted by molar-refractivity contribution is -0.133. The van der Waals surface area contributed by atoms with Crippen LogP contribution in [0, 0.1) is 5.82 Å². The predicted molar refractivity (Wildman–Crippen MR) is 59.1 cm³/mol. The molecule has 1 rings (SSSR count). The first-order chi connectivity index (χ1) is 6.80. The standard InChI is InChI=1S/C11H12BrFO2/c1-11(2,15)10(14)5-7-3-4-8(13)6-9(7)12/h3-4,6,15H,5H2,1-2H3. The number of carbonyl (C=O) groups excluding carboxylic acids is 1. The monoisotopic (exact) mass is 274 g/mol. The van der Waals surface area contributed by atoms with Gasteiger partial charge in [-0.15, -0.1) is 0 Å². The molecule has 1 aromatic rings. The van der Waals surface area contributed by atoms with E-state index in [-0.39, 0.29) is 18.0 Å². The van der Waals surface area contributed by atoms with Crippen LogP contribution in [0.2, 0.25) is 0 Å². The number of carbonyl (C=O) groups is 1. The van der Waals surface area contributed by atoms with Gasteiger partial charge >= 0.3 is 0 Å². The lowest BCUT2D eigenvalue weighted by Gasteiger charge is -2.15. The molecule has 1 N–H and O–H groups in total. The van der Waals surface area contributed by atoms with Gasteiger partial charge in [0, 0.05) is 10.9 Å². The average Bonchev–Trinajstić information content (AvgIpc) is 2.08. The minimum absolute atomic E-state index is 0.0877. The molecule has 0 aromatic heterocycles. The summed E-state index contributed by atoms with van der Waals surface area (Å²) in [5.41, 5.74) is -0.683. The molecule has 0 heterocycles. The Morgan fingerprint density at radius 1 is 1.53 bits per heavy atom. The summed E-state index contributed by atoms with van der Waals surface area (Å²) in [4.78, 5) is 11.5. The number of aliphatic hydroxyl groups is 1. The van der Waals surface area contributed by atoms with Crippen molar-refractivity contribution in [1.82, 2.24) is 0 Å². The smallest absolute Gasteiger partial charge is 0.168 e. The van der Waals surface area contributed by atoms with E-state index in [1.807, 2.05) is 0 Å². The molecule has 0 saturated carbocycles. The van der Waals surface area contributed by atoms with E-state index in [4.69, 9.17) is 0 Å². The quantitative estimate of drug-likeness (QED) is 0.920. The molecule has 0 bridgehead atoms. The fourth-order valence-electron chi connectivity index (χ4n) is 1.05. The van der Waals surface area contributed by atoms with Gasteiger partial charge in [0.1, 0.15) is 11.4 Å². The van der Waals surface area contributed by atoms with Gasteiger partial charge in [0.2, 0.25) is 0 Å². The summed E-state index contributed by atoms with van der Waals surface area (Å²) >= 11 is 3.17. The Kier molecular flexibility index (Phi) is 3.62. The molecular weight excluding hydrogens is 263 g/mol. The van der Waals surface area contributed by atoms with Gasteiger partial charge in [-0.2, -0.15) is 0 Å². The fourth-order valence-corrected chi connectivity index (χ4v) is 1.55. The second-order valence-electron chi connectivity index (χ2n) is 3.89. The van der Waals surface area contributed by atoms with Gasteiger partial charge in [-0.1, -0.05) is 22.0 Å². The van der Waals surface area contributed by atoms with Gasteiger partial charge in [0.15, 0.2) is 5.78 Å². The molecule has 82 valence electrons. The zero-order valence-electron chi connectivity index (χ0n) is 8.55. The number of rotatable bonds is 3. The van der Waals surface area contributed by atoms with Crippen molar-refractivity contribution < 1.29 is 14.3 Å². The fraction of sp³-hybridized carbons (Fsp3) is 0.364. The Morgan fingerprint density at radius 2 is 2.13 bits per heavy atom. The highest BCUT2D eigenvalue weighted by Crippen LogP contribution is 2.20. The second kappa shape index (κ2) is 4.41. The van der Waals surface area contributed by atoms with Gasteiger partial charge in [-0.3, -0.25) is 4.79 Å². The number of hydrogen-bond donors (Lipinski definition) is 1. The average molecular weight is 275 g/mol. The lowest BCUT2D eigenvalue weighted by Crippen LogP contribution is -2.32. The maximum Gasteiger partial charge on any atom is 0.168 e. The van der Waals surface area contributed by atoms with E-state index in [1.165, 1.54) is 32.0 Å². The Balaban J connectivity index is 2.87. The van der Waals surface area contributed by atoms with Crippen LogP contribution in [-0.4, -0.2) is 16.5 Å². The van der Waals surface area contributed by atoms with Gasteiger partial charge < -0.3 is 5.11 Å². The summed E-state index contributed by atoms with van der Waals surface area (Å²) in [5.74, 6) is -0.656. The highest BCUT2D eigenvalue weighted by molar-refractivity contribution is 9.10. The first-order valence-electron chi connectivity index (χ1n) is 4.50. The molecule has 0 aliphatic heterocycles. The van der Waals surface area contributed by atoms with Crippen LogP contribution in [0.15, 0.2) is 22.7 Å². The zero-order chi connectivity index (χ0) is 11.6. The van der Waals surface area contributed by atoms with Crippen molar-refractivity contribution in [1.29, 1.82) is 0 Å². The van der Waals surface area contributed by atoms with Crippen molar-refractivity contribution in [3.8, 4) is 0 Å². The van der Waals surface area contributed by atoms with E-state index in [9.17, 15) is 14.3 Å². The molecule has 0 atom stereocenters. The largest absolute Gasteiger partial charge is 0.383 e. The van der Waals surface area contributed by atoms with E-state index in [1.54, 1.807) is 0 Å². The first-order valence-corrected chi connectivity index (χ1v) is 5.29. The molecule has 2 nitrogen and oxygen atoms in total. The molecular formula is C11H12BrFO2. The van der Waals surface area contributed by atoms with Gasteiger partial charge in [-0.05, 0) is 31.5 Å². The summed E-state index contributed by atoms with van der Waals surface area (Å²) < 4.78 is 13.3. The molecule has 0 spiro atoms. The first kappa shape index (κ1) is 12.3. The highest BCUT2D eigenvalue weighted by Gasteiger charge is 2.24. The third-order valence-corrected chi connectivity index (χ3v) is 2.79. The maximum atomic E-state index is 12.8. The number of benzene rings is 1. The Morgan fingerprint density at radius 3 is 2.60 bits per heavy atom. The minimum atomic E-state index is -1.35. The minimum Gasteiger partial charge on any atom is -0.383 e. The van der Waals surface area contributed by atoms with Crippen LogP contribution in [0.1, 0.15) is 19.4 Å². The zero-order valence-corrected chi connectivity index (χ0v) is 10.1. The normalized spacial score (nSPS) is 11.5. The topological polar surface area (TPSA) is 37.3 Å². The summed E-state index contributed by atoms with van der Waals surface area (Å²) in [5, 5.41) is 9.45. The molecule has 1 aromatic carbocycles. The number of halogens is 2. The van der Waals surface area contributed by atoms with Crippen LogP contribution < -0.4 is 0 Å². The predicted octanol–water partition coefficient (Wildman–Crippen LogP) is 2.47. The molecule has 0 saturated heterocycles. The van der Waals surface area contributed by atoms with Crippen LogP contribution in [0.25, 0.3) is 0 Å². The third-order valence-electron chi connectivity index (χ3n) is 2.05. The third kappa shape index (κ3) is 3.39. The molecule has 0 aliphatic rings. The summed E-state index contributed by atoms with van der Waals surface area (Å²) in [6.45, 7) is 2.87. The van der Waals surface area contributed by atoms with E-state index in [2.05, 4.69) is 15.9 Å². The molecule has 0 amide bonds. The van der Waals surface area contributed by atoms with E-state index in [0.717, 1.165) is 0 Å². The Hall–Kier alpha value is -0.740. The SMILES string of the molecule is CC(C)(O)C(=O)Cc1ccc(F)cc1Br. The van der Waals surface area contributed by atoms with Gasteiger partial charge in [-0.25, -0.2) is 4.39 Å². The summed E-state index contributed by atoms with van der Waals surface area (Å²) in [7, 11) is 0. The second-order valence-corrected chi connectivity index (χ2v) is 4.75. The van der Waals surface area contributed by atoms with Crippen LogP contribution in [0.5, 0.6) is 0 Å². The van der Waals surface area contributed by atoms with Crippen LogP contribution in [0.3, 0.4) is 0 Å². The summed E-state index contributed by atoms with van der Waals surface area (Å²) in [6, 6.07) is 4.12. The van der Waals surface area contributed by atoms with E-state index >= 15 is 0 Å². The number of Topliss-reactive ketones (excluding diaryl/α,β-unsaturated/α-hetero) is 1. The molecule has 0 aliphatic carbocycles. The number of hydrogen-bond acceptors (Lipinski definition) is 2. The van der Waals surface area contributed by atoms with Crippen LogP contribution in [-0.2, 0) is 11.2 Å². The van der Waals surface area contributed by atoms with Crippen molar-refractivity contribution >= 4 is 21.7 Å². The lowest BCUT2D eigenvalue weighted by atomic mass is 9.97. The Bertz CT molecular complexity index is 383. The van der Waals surface area contributed by atoms with Crippen LogP contribution in [0.4, 0.5) is 4.39 Å². The summed E-state index contributed by atoms with van der Waals surface area (Å²) in [6.07, 6.45) is 0.0877. The van der Waals surface area contributed by atoms with Crippen molar-refractivity contribution in [2.24, 2.45) is 0 Å². The maximum absolute atomic E-state index is 12.8. The van der Waals surface area contributed by atoms with Crippen molar-refractivity contribution in [3.05, 3.63) is 34.1 Å². The molecule has 15 heavy (non-hydrogen) atoms. The Labute approximate surface area is 96.2 Å². The molecule has 0 radical (unpaired) electrons. The van der Waals surface area contributed by atoms with E-state index in [0.29, 0.717) is 10.0 Å².